The standard InChI is InChI=1S/C20H26FN7O/c1-5-13-6-7-15(14(21)8-13)25-20-26-16-9-23-19(24-11(2)3)27-18(16)28(20)10-12(4)17(22)29/h6-9,11-12H,5,10H2,1-4H3,(H2,22,29)(H,25,26)(H,23,24,27)/t12-/m1/s1. The molecule has 8 nitrogen and oxygen atoms in total. The predicted molar refractivity (Wildman–Crippen MR) is 112 cm³/mol. The van der Waals surface area contributed by atoms with Gasteiger partial charge in [0.05, 0.1) is 17.8 Å². The molecule has 3 aromatic rings. The number of carbonyl (C=O) groups excluding carboxylic acids is 1. The van der Waals surface area contributed by atoms with E-state index in [2.05, 4.69) is 25.6 Å². The third-order valence-corrected chi connectivity index (χ3v) is 4.54. The van der Waals surface area contributed by atoms with Crippen molar-refractivity contribution in [2.45, 2.75) is 46.7 Å². The number of aromatic nitrogens is 4. The molecule has 0 radical (unpaired) electrons. The smallest absolute Gasteiger partial charge is 0.224 e. The Bertz CT molecular complexity index is 1030. The topological polar surface area (TPSA) is 111 Å². The molecule has 0 spiro atoms. The number of benzene rings is 1. The third-order valence-electron chi connectivity index (χ3n) is 4.54. The van der Waals surface area contributed by atoms with Crippen molar-refractivity contribution in [1.82, 2.24) is 19.5 Å². The molecule has 3 rings (SSSR count). The fourth-order valence-corrected chi connectivity index (χ4v) is 2.88. The monoisotopic (exact) mass is 399 g/mol. The van der Waals surface area contributed by atoms with Crippen LogP contribution >= 0.6 is 0 Å². The summed E-state index contributed by atoms with van der Waals surface area (Å²) in [6.07, 6.45) is 2.34. The number of hydrogen-bond acceptors (Lipinski definition) is 6. The number of hydrogen-bond donors (Lipinski definition) is 3. The Hall–Kier alpha value is -3.23. The minimum Gasteiger partial charge on any atom is -0.369 e. The molecular weight excluding hydrogens is 373 g/mol. The molecular formula is C20H26FN7O. The summed E-state index contributed by atoms with van der Waals surface area (Å²) in [5.74, 6) is -0.459. The average Bonchev–Trinajstić information content (AvgIpc) is 2.99. The number of halogens is 1. The van der Waals surface area contributed by atoms with Crippen LogP contribution in [0.15, 0.2) is 24.4 Å². The van der Waals surface area contributed by atoms with Crippen LogP contribution in [0.1, 0.15) is 33.3 Å². The summed E-state index contributed by atoms with van der Waals surface area (Å²) in [5, 5.41) is 6.17. The number of imidazole rings is 1. The molecule has 0 aliphatic carbocycles. The summed E-state index contributed by atoms with van der Waals surface area (Å²) in [4.78, 5) is 24.9. The second kappa shape index (κ2) is 8.42. The summed E-state index contributed by atoms with van der Waals surface area (Å²) in [7, 11) is 0. The largest absolute Gasteiger partial charge is 0.369 e. The van der Waals surface area contributed by atoms with Crippen molar-refractivity contribution in [3.63, 3.8) is 0 Å². The SMILES string of the molecule is CCc1ccc(Nc2nc3cnc(NC(C)C)nc3n2C[C@@H](C)C(N)=O)c(F)c1. The van der Waals surface area contributed by atoms with Gasteiger partial charge in [0.25, 0.3) is 0 Å². The highest BCUT2D eigenvalue weighted by Crippen LogP contribution is 2.25. The molecule has 0 unspecified atom stereocenters. The number of nitrogens with two attached hydrogens (primary N) is 1. The van der Waals surface area contributed by atoms with E-state index in [1.165, 1.54) is 6.07 Å². The number of nitrogens with one attached hydrogen (secondary N) is 2. The minimum absolute atomic E-state index is 0.150. The maximum Gasteiger partial charge on any atom is 0.224 e. The van der Waals surface area contributed by atoms with E-state index in [-0.39, 0.29) is 18.4 Å². The lowest BCUT2D eigenvalue weighted by molar-refractivity contribution is -0.121. The van der Waals surface area contributed by atoms with Gasteiger partial charge in [0, 0.05) is 12.6 Å². The van der Waals surface area contributed by atoms with Crippen molar-refractivity contribution in [2.75, 3.05) is 10.6 Å². The van der Waals surface area contributed by atoms with E-state index < -0.39 is 11.8 Å². The zero-order chi connectivity index (χ0) is 21.1. The van der Waals surface area contributed by atoms with Gasteiger partial charge in [-0.2, -0.15) is 4.98 Å². The van der Waals surface area contributed by atoms with Gasteiger partial charge in [-0.05, 0) is 38.0 Å². The average molecular weight is 399 g/mol. The first-order chi connectivity index (χ1) is 13.8. The van der Waals surface area contributed by atoms with Gasteiger partial charge in [0.15, 0.2) is 5.65 Å². The van der Waals surface area contributed by atoms with Crippen molar-refractivity contribution in [3.05, 3.63) is 35.8 Å². The van der Waals surface area contributed by atoms with Crippen LogP contribution in [0.2, 0.25) is 0 Å². The maximum absolute atomic E-state index is 14.5. The van der Waals surface area contributed by atoms with E-state index >= 15 is 0 Å². The van der Waals surface area contributed by atoms with Gasteiger partial charge in [-0.3, -0.25) is 9.36 Å². The first-order valence-corrected chi connectivity index (χ1v) is 9.63. The van der Waals surface area contributed by atoms with Gasteiger partial charge in [-0.25, -0.2) is 14.4 Å². The summed E-state index contributed by atoms with van der Waals surface area (Å²) < 4.78 is 16.2. The summed E-state index contributed by atoms with van der Waals surface area (Å²) in [6, 6.07) is 5.17. The highest BCUT2D eigenvalue weighted by Gasteiger charge is 2.19. The van der Waals surface area contributed by atoms with E-state index in [0.29, 0.717) is 28.7 Å². The first-order valence-electron chi connectivity index (χ1n) is 9.63. The number of primary amides is 1. The fraction of sp³-hybridized carbons (Fsp3) is 0.400. The van der Waals surface area contributed by atoms with Crippen LogP contribution in [0.5, 0.6) is 0 Å². The highest BCUT2D eigenvalue weighted by atomic mass is 19.1. The molecule has 154 valence electrons. The number of fused-ring (bicyclic) bond motifs is 1. The molecule has 1 amide bonds. The van der Waals surface area contributed by atoms with Crippen molar-refractivity contribution in [3.8, 4) is 0 Å². The second-order valence-corrected chi connectivity index (χ2v) is 7.34. The summed E-state index contributed by atoms with van der Waals surface area (Å²) in [5.41, 5.74) is 7.71. The molecule has 9 heteroatoms. The van der Waals surface area contributed by atoms with Crippen LogP contribution in [-0.4, -0.2) is 31.5 Å². The zero-order valence-electron chi connectivity index (χ0n) is 17.0. The first kappa shape index (κ1) is 20.5. The van der Waals surface area contributed by atoms with Crippen molar-refractivity contribution < 1.29 is 9.18 Å². The Balaban J connectivity index is 2.05. The van der Waals surface area contributed by atoms with Gasteiger partial charge in [0.2, 0.25) is 17.8 Å². The summed E-state index contributed by atoms with van der Waals surface area (Å²) in [6.45, 7) is 7.91. The molecule has 0 saturated heterocycles. The Kier molecular flexibility index (Phi) is 5.95. The number of amides is 1. The highest BCUT2D eigenvalue weighted by molar-refractivity contribution is 5.78. The minimum atomic E-state index is -0.461. The number of aryl methyl sites for hydroxylation is 1. The molecule has 0 saturated carbocycles. The van der Waals surface area contributed by atoms with Gasteiger partial charge in [-0.1, -0.05) is 19.9 Å². The predicted octanol–water partition coefficient (Wildman–Crippen LogP) is 3.21. The van der Waals surface area contributed by atoms with Crippen LogP contribution in [0, 0.1) is 11.7 Å². The van der Waals surface area contributed by atoms with E-state index in [1.807, 2.05) is 26.8 Å². The lowest BCUT2D eigenvalue weighted by Gasteiger charge is -2.14. The second-order valence-electron chi connectivity index (χ2n) is 7.34. The van der Waals surface area contributed by atoms with Gasteiger partial charge in [-0.15, -0.1) is 0 Å². The van der Waals surface area contributed by atoms with E-state index in [0.717, 1.165) is 12.0 Å². The molecule has 0 bridgehead atoms. The number of nitrogens with zero attached hydrogens (tertiary/aromatic N) is 4. The molecule has 0 aliphatic rings. The van der Waals surface area contributed by atoms with Crippen molar-refractivity contribution in [1.29, 1.82) is 0 Å². The normalized spacial score (nSPS) is 12.3. The lowest BCUT2D eigenvalue weighted by Crippen LogP contribution is -2.25. The van der Waals surface area contributed by atoms with Crippen molar-refractivity contribution >= 4 is 34.7 Å². The molecule has 2 heterocycles. The Morgan fingerprint density at radius 3 is 2.66 bits per heavy atom. The molecule has 29 heavy (non-hydrogen) atoms. The van der Waals surface area contributed by atoms with E-state index in [4.69, 9.17) is 5.73 Å². The number of anilines is 3. The Labute approximate surface area is 168 Å². The number of rotatable bonds is 8. The molecule has 1 aromatic carbocycles. The van der Waals surface area contributed by atoms with Gasteiger partial charge < -0.3 is 16.4 Å². The van der Waals surface area contributed by atoms with Crippen LogP contribution in [-0.2, 0) is 17.8 Å². The van der Waals surface area contributed by atoms with Crippen molar-refractivity contribution in [2.24, 2.45) is 11.7 Å². The van der Waals surface area contributed by atoms with E-state index in [9.17, 15) is 9.18 Å². The lowest BCUT2D eigenvalue weighted by atomic mass is 10.1. The van der Waals surface area contributed by atoms with Crippen LogP contribution in [0.3, 0.4) is 0 Å². The van der Waals surface area contributed by atoms with Crippen LogP contribution < -0.4 is 16.4 Å². The number of carbonyl (C=O) groups is 1. The zero-order valence-corrected chi connectivity index (χ0v) is 17.0. The molecule has 4 N–H and O–H groups in total. The molecule has 2 aromatic heterocycles. The quantitative estimate of drug-likeness (QED) is 0.536. The Morgan fingerprint density at radius 1 is 1.28 bits per heavy atom. The van der Waals surface area contributed by atoms with Crippen LogP contribution in [0.25, 0.3) is 11.2 Å². The maximum atomic E-state index is 14.5. The molecule has 0 aliphatic heterocycles. The molecule has 0 fully saturated rings. The fourth-order valence-electron chi connectivity index (χ4n) is 2.88. The summed E-state index contributed by atoms with van der Waals surface area (Å²) >= 11 is 0. The molecule has 1 atom stereocenters. The van der Waals surface area contributed by atoms with Gasteiger partial charge in [0.1, 0.15) is 11.3 Å². The van der Waals surface area contributed by atoms with E-state index in [1.54, 1.807) is 23.8 Å². The van der Waals surface area contributed by atoms with Crippen LogP contribution in [0.4, 0.5) is 22.0 Å². The van der Waals surface area contributed by atoms with Gasteiger partial charge >= 0.3 is 0 Å². The Morgan fingerprint density at radius 2 is 2.03 bits per heavy atom. The third kappa shape index (κ3) is 4.61.